The lowest BCUT2D eigenvalue weighted by Gasteiger charge is -2.10. The molecule has 1 atom stereocenters. The van der Waals surface area contributed by atoms with Crippen LogP contribution in [-0.4, -0.2) is 17.6 Å². The molecule has 0 aliphatic rings. The summed E-state index contributed by atoms with van der Waals surface area (Å²) in [5, 5.41) is 13.0. The van der Waals surface area contributed by atoms with Crippen LogP contribution >= 0.6 is 27.5 Å². The number of rotatable bonds is 5. The van der Waals surface area contributed by atoms with Gasteiger partial charge in [0.05, 0.1) is 29.2 Å². The van der Waals surface area contributed by atoms with Crippen molar-refractivity contribution < 1.29 is 14.3 Å². The second-order valence-corrected chi connectivity index (χ2v) is 5.56. The molecule has 0 spiro atoms. The predicted molar refractivity (Wildman–Crippen MR) is 79.8 cm³/mol. The Hall–Kier alpha value is -1.30. The molecule has 1 amide bonds. The van der Waals surface area contributed by atoms with E-state index in [1.165, 1.54) is 12.5 Å². The fourth-order valence-electron chi connectivity index (χ4n) is 1.72. The van der Waals surface area contributed by atoms with Crippen molar-refractivity contribution >= 4 is 33.4 Å². The van der Waals surface area contributed by atoms with E-state index in [9.17, 15) is 9.90 Å². The molecule has 1 unspecified atom stereocenters. The van der Waals surface area contributed by atoms with Gasteiger partial charge in [-0.3, -0.25) is 4.79 Å². The van der Waals surface area contributed by atoms with Crippen LogP contribution in [0.4, 0.5) is 0 Å². The van der Waals surface area contributed by atoms with Crippen molar-refractivity contribution in [1.29, 1.82) is 0 Å². The van der Waals surface area contributed by atoms with Crippen molar-refractivity contribution in [2.45, 2.75) is 12.5 Å². The molecule has 2 aromatic rings. The molecule has 0 aliphatic heterocycles. The first-order chi connectivity index (χ1) is 9.58. The molecule has 6 heteroatoms. The van der Waals surface area contributed by atoms with E-state index in [1.807, 2.05) is 0 Å². The van der Waals surface area contributed by atoms with E-state index < -0.39 is 6.10 Å². The number of aliphatic hydroxyl groups excluding tert-OH is 1. The van der Waals surface area contributed by atoms with E-state index >= 15 is 0 Å². The summed E-state index contributed by atoms with van der Waals surface area (Å²) in [5.41, 5.74) is 1.10. The zero-order chi connectivity index (χ0) is 14.5. The second kappa shape index (κ2) is 6.92. The summed E-state index contributed by atoms with van der Waals surface area (Å²) in [5.74, 6) is -0.268. The van der Waals surface area contributed by atoms with Crippen LogP contribution < -0.4 is 5.32 Å². The molecule has 0 fully saturated rings. The number of carbonyl (C=O) groups is 1. The minimum Gasteiger partial charge on any atom is -0.472 e. The zero-order valence-electron chi connectivity index (χ0n) is 10.5. The number of carbonyl (C=O) groups excluding carboxylic acids is 1. The fourth-order valence-corrected chi connectivity index (χ4v) is 2.28. The Balaban J connectivity index is 1.88. The van der Waals surface area contributed by atoms with Crippen molar-refractivity contribution in [1.82, 2.24) is 5.32 Å². The first kappa shape index (κ1) is 15.1. The van der Waals surface area contributed by atoms with Crippen LogP contribution in [0, 0.1) is 0 Å². The average Bonchev–Trinajstić information content (AvgIpc) is 2.95. The van der Waals surface area contributed by atoms with Gasteiger partial charge in [-0.2, -0.15) is 0 Å². The van der Waals surface area contributed by atoms with Crippen molar-refractivity contribution in [3.63, 3.8) is 0 Å². The number of benzene rings is 1. The molecule has 0 radical (unpaired) electrons. The molecule has 106 valence electrons. The Morgan fingerprint density at radius 3 is 2.95 bits per heavy atom. The molecule has 2 N–H and O–H groups in total. The van der Waals surface area contributed by atoms with E-state index in [2.05, 4.69) is 21.2 Å². The van der Waals surface area contributed by atoms with E-state index in [0.717, 1.165) is 4.47 Å². The molecule has 20 heavy (non-hydrogen) atoms. The predicted octanol–water partition coefficient (Wildman–Crippen LogP) is 3.55. The minimum absolute atomic E-state index is 0.268. The third-order valence-electron chi connectivity index (χ3n) is 2.80. The van der Waals surface area contributed by atoms with Gasteiger partial charge in [-0.1, -0.05) is 27.5 Å². The lowest BCUT2D eigenvalue weighted by Crippen LogP contribution is -2.25. The largest absolute Gasteiger partial charge is 0.472 e. The number of halogens is 2. The highest BCUT2D eigenvalue weighted by Gasteiger charge is 2.12. The SMILES string of the molecule is O=C(NCCC(O)c1ccoc1)c1cc(Br)ccc1Cl. The average molecular weight is 359 g/mol. The lowest BCUT2D eigenvalue weighted by atomic mass is 10.1. The van der Waals surface area contributed by atoms with Gasteiger partial charge in [0.2, 0.25) is 0 Å². The number of aliphatic hydroxyl groups is 1. The summed E-state index contributed by atoms with van der Waals surface area (Å²) in [4.78, 5) is 12.0. The van der Waals surface area contributed by atoms with Crippen molar-refractivity contribution in [3.05, 3.63) is 57.4 Å². The van der Waals surface area contributed by atoms with Gasteiger partial charge >= 0.3 is 0 Å². The minimum atomic E-state index is -0.660. The van der Waals surface area contributed by atoms with Gasteiger partial charge in [-0.25, -0.2) is 0 Å². The first-order valence-corrected chi connectivity index (χ1v) is 7.18. The molecular formula is C14H13BrClNO3. The molecule has 1 aromatic heterocycles. The third kappa shape index (κ3) is 3.85. The standard InChI is InChI=1S/C14H13BrClNO3/c15-10-1-2-12(16)11(7-10)14(19)17-5-3-13(18)9-4-6-20-8-9/h1-2,4,6-8,13,18H,3,5H2,(H,17,19). The van der Waals surface area contributed by atoms with Crippen LogP contribution in [0.25, 0.3) is 0 Å². The summed E-state index contributed by atoms with van der Waals surface area (Å²) in [7, 11) is 0. The molecular weight excluding hydrogens is 346 g/mol. The number of hydrogen-bond acceptors (Lipinski definition) is 3. The Labute approximate surface area is 129 Å². The molecule has 0 bridgehead atoms. The van der Waals surface area contributed by atoms with E-state index in [4.69, 9.17) is 16.0 Å². The van der Waals surface area contributed by atoms with Crippen molar-refractivity contribution in [2.75, 3.05) is 6.54 Å². The summed E-state index contributed by atoms with van der Waals surface area (Å²) in [6.07, 6.45) is 2.72. The molecule has 4 nitrogen and oxygen atoms in total. The Bertz CT molecular complexity index is 586. The van der Waals surface area contributed by atoms with E-state index in [1.54, 1.807) is 24.3 Å². The molecule has 1 aromatic carbocycles. The van der Waals surface area contributed by atoms with Gasteiger partial charge in [0, 0.05) is 16.6 Å². The Morgan fingerprint density at radius 1 is 1.45 bits per heavy atom. The highest BCUT2D eigenvalue weighted by atomic mass is 79.9. The summed E-state index contributed by atoms with van der Waals surface area (Å²) in [6, 6.07) is 6.77. The lowest BCUT2D eigenvalue weighted by molar-refractivity contribution is 0.0942. The van der Waals surface area contributed by atoms with Crippen LogP contribution in [0.3, 0.4) is 0 Å². The molecule has 2 rings (SSSR count). The number of amides is 1. The summed E-state index contributed by atoms with van der Waals surface area (Å²) >= 11 is 9.26. The molecule has 0 aliphatic carbocycles. The first-order valence-electron chi connectivity index (χ1n) is 6.01. The topological polar surface area (TPSA) is 62.5 Å². The number of hydrogen-bond donors (Lipinski definition) is 2. The fraction of sp³-hybridized carbons (Fsp3) is 0.214. The summed E-state index contributed by atoms with van der Waals surface area (Å²) < 4.78 is 5.67. The van der Waals surface area contributed by atoms with Crippen LogP contribution in [0.15, 0.2) is 45.7 Å². The third-order valence-corrected chi connectivity index (χ3v) is 3.63. The van der Waals surface area contributed by atoms with Gasteiger partial charge in [0.1, 0.15) is 0 Å². The molecule has 0 saturated carbocycles. The van der Waals surface area contributed by atoms with Gasteiger partial charge in [0.25, 0.3) is 5.91 Å². The highest BCUT2D eigenvalue weighted by Crippen LogP contribution is 2.21. The van der Waals surface area contributed by atoms with Crippen LogP contribution in [0.5, 0.6) is 0 Å². The second-order valence-electron chi connectivity index (χ2n) is 4.24. The monoisotopic (exact) mass is 357 g/mol. The zero-order valence-corrected chi connectivity index (χ0v) is 12.8. The Kier molecular flexibility index (Phi) is 5.23. The molecule has 0 saturated heterocycles. The van der Waals surface area contributed by atoms with Gasteiger partial charge in [-0.15, -0.1) is 0 Å². The smallest absolute Gasteiger partial charge is 0.252 e. The van der Waals surface area contributed by atoms with Crippen LogP contribution in [-0.2, 0) is 0 Å². The van der Waals surface area contributed by atoms with Crippen molar-refractivity contribution in [3.8, 4) is 0 Å². The normalized spacial score (nSPS) is 12.2. The highest BCUT2D eigenvalue weighted by molar-refractivity contribution is 9.10. The van der Waals surface area contributed by atoms with Gasteiger partial charge < -0.3 is 14.8 Å². The van der Waals surface area contributed by atoms with Gasteiger partial charge in [-0.05, 0) is 30.7 Å². The van der Waals surface area contributed by atoms with Crippen molar-refractivity contribution in [2.24, 2.45) is 0 Å². The maximum Gasteiger partial charge on any atom is 0.252 e. The van der Waals surface area contributed by atoms with Gasteiger partial charge in [0.15, 0.2) is 0 Å². The number of nitrogens with one attached hydrogen (secondary N) is 1. The van der Waals surface area contributed by atoms with Crippen LogP contribution in [0.2, 0.25) is 5.02 Å². The van der Waals surface area contributed by atoms with Crippen LogP contribution in [0.1, 0.15) is 28.4 Å². The maximum absolute atomic E-state index is 12.0. The molecule has 1 heterocycles. The van der Waals surface area contributed by atoms with E-state index in [0.29, 0.717) is 29.1 Å². The Morgan fingerprint density at radius 2 is 2.25 bits per heavy atom. The van der Waals surface area contributed by atoms with E-state index in [-0.39, 0.29) is 5.91 Å². The maximum atomic E-state index is 12.0. The number of furan rings is 1. The quantitative estimate of drug-likeness (QED) is 0.859. The summed E-state index contributed by atoms with van der Waals surface area (Å²) in [6.45, 7) is 0.341.